The predicted molar refractivity (Wildman–Crippen MR) is 106 cm³/mol. The number of aromatic nitrogens is 2. The van der Waals surface area contributed by atoms with Crippen molar-refractivity contribution in [1.82, 2.24) is 19.2 Å². The highest BCUT2D eigenvalue weighted by molar-refractivity contribution is 7.89. The summed E-state index contributed by atoms with van der Waals surface area (Å²) in [5, 5.41) is 0. The Kier molecular flexibility index (Phi) is 5.50. The lowest BCUT2D eigenvalue weighted by atomic mass is 10.0. The van der Waals surface area contributed by atoms with E-state index in [1.54, 1.807) is 0 Å². The van der Waals surface area contributed by atoms with Gasteiger partial charge in [-0.05, 0) is 51.3 Å². The fourth-order valence-electron chi connectivity index (χ4n) is 4.15. The molecule has 1 aromatic carbocycles. The Morgan fingerprint density at radius 1 is 1.20 bits per heavy atom. The topological polar surface area (TPSA) is 86.4 Å². The fraction of sp³-hybridized carbons (Fsp3) is 0.500. The maximum Gasteiger partial charge on any atom is 0.254 e. The molecule has 1 N–H and O–H groups in total. The largest absolute Gasteiger partial charge is 0.309 e. The number of benzene rings is 1. The predicted octanol–water partition coefficient (Wildman–Crippen LogP) is 2.34. The van der Waals surface area contributed by atoms with Crippen molar-refractivity contribution in [2.24, 2.45) is 0 Å². The van der Waals surface area contributed by atoms with Crippen molar-refractivity contribution in [3.05, 3.63) is 57.3 Å². The zero-order valence-corrected chi connectivity index (χ0v) is 17.7. The molecule has 1 saturated heterocycles. The highest BCUT2D eigenvalue weighted by Gasteiger charge is 2.38. The zero-order valence-electron chi connectivity index (χ0n) is 16.9. The molecular formula is C20H24F2N4O3S. The first-order chi connectivity index (χ1) is 14.2. The molecule has 0 saturated carbocycles. The third-order valence-electron chi connectivity index (χ3n) is 5.87. The molecule has 2 aromatic rings. The first kappa shape index (κ1) is 21.1. The van der Waals surface area contributed by atoms with E-state index in [9.17, 15) is 22.0 Å². The van der Waals surface area contributed by atoms with Crippen LogP contribution in [0.25, 0.3) is 0 Å². The van der Waals surface area contributed by atoms with Crippen LogP contribution in [0.4, 0.5) is 8.78 Å². The third-order valence-corrected chi connectivity index (χ3v) is 7.77. The summed E-state index contributed by atoms with van der Waals surface area (Å²) in [5.41, 5.74) is 1.07. The Morgan fingerprint density at radius 3 is 2.67 bits per heavy atom. The van der Waals surface area contributed by atoms with Gasteiger partial charge in [-0.1, -0.05) is 0 Å². The van der Waals surface area contributed by atoms with E-state index in [4.69, 9.17) is 0 Å². The average molecular weight is 439 g/mol. The molecule has 162 valence electrons. The molecule has 3 heterocycles. The average Bonchev–Trinajstić information content (AvgIpc) is 3.20. The molecule has 1 aromatic heterocycles. The van der Waals surface area contributed by atoms with E-state index >= 15 is 0 Å². The number of hydrogen-bond donors (Lipinski definition) is 1. The molecule has 0 aliphatic carbocycles. The summed E-state index contributed by atoms with van der Waals surface area (Å²) < 4.78 is 54.3. The van der Waals surface area contributed by atoms with Crippen molar-refractivity contribution in [3.8, 4) is 0 Å². The minimum atomic E-state index is -4.08. The van der Waals surface area contributed by atoms with Gasteiger partial charge >= 0.3 is 0 Å². The van der Waals surface area contributed by atoms with Crippen LogP contribution in [0.15, 0.2) is 27.9 Å². The van der Waals surface area contributed by atoms with Crippen LogP contribution < -0.4 is 5.56 Å². The molecule has 1 atom stereocenters. The number of halogens is 2. The number of fused-ring (bicyclic) bond motifs is 1. The van der Waals surface area contributed by atoms with E-state index in [1.807, 2.05) is 0 Å². The van der Waals surface area contributed by atoms with Crippen LogP contribution in [0.2, 0.25) is 0 Å². The Hall–Kier alpha value is -2.17. The Morgan fingerprint density at radius 2 is 1.97 bits per heavy atom. The second kappa shape index (κ2) is 7.82. The molecular weight excluding hydrogens is 414 g/mol. The number of H-pyrrole nitrogens is 1. The molecule has 0 radical (unpaired) electrons. The van der Waals surface area contributed by atoms with Gasteiger partial charge < -0.3 is 4.98 Å². The first-order valence-corrected chi connectivity index (χ1v) is 11.5. The Bertz CT molecular complexity index is 1130. The minimum Gasteiger partial charge on any atom is -0.309 e. The summed E-state index contributed by atoms with van der Waals surface area (Å²) in [7, 11) is -4.08. The molecule has 0 bridgehead atoms. The SMILES string of the molecule is CC(C)N1CCc2c(nc(C3CCCN3S(=O)(=O)c3ccc(F)c(F)c3)[nH]c2=O)C1. The minimum absolute atomic E-state index is 0.213. The second-order valence-electron chi connectivity index (χ2n) is 8.04. The third kappa shape index (κ3) is 3.67. The monoisotopic (exact) mass is 438 g/mol. The van der Waals surface area contributed by atoms with E-state index in [-0.39, 0.29) is 17.0 Å². The second-order valence-corrected chi connectivity index (χ2v) is 9.93. The van der Waals surface area contributed by atoms with Crippen molar-refractivity contribution < 1.29 is 17.2 Å². The van der Waals surface area contributed by atoms with E-state index in [0.717, 1.165) is 18.7 Å². The van der Waals surface area contributed by atoms with Gasteiger partial charge in [0.05, 0.1) is 16.6 Å². The van der Waals surface area contributed by atoms with Gasteiger partial charge in [0.1, 0.15) is 5.82 Å². The molecule has 1 fully saturated rings. The van der Waals surface area contributed by atoms with Gasteiger partial charge in [-0.2, -0.15) is 4.31 Å². The van der Waals surface area contributed by atoms with Crippen molar-refractivity contribution >= 4 is 10.0 Å². The van der Waals surface area contributed by atoms with Gasteiger partial charge in [-0.3, -0.25) is 9.69 Å². The number of aromatic amines is 1. The van der Waals surface area contributed by atoms with E-state index in [1.165, 1.54) is 4.31 Å². The number of nitrogens with zero attached hydrogens (tertiary/aromatic N) is 3. The first-order valence-electron chi connectivity index (χ1n) is 10.0. The maximum absolute atomic E-state index is 13.6. The van der Waals surface area contributed by atoms with Gasteiger partial charge in [0, 0.05) is 31.2 Å². The van der Waals surface area contributed by atoms with Crippen LogP contribution in [-0.2, 0) is 23.0 Å². The summed E-state index contributed by atoms with van der Waals surface area (Å²) in [6.45, 7) is 5.67. The Balaban J connectivity index is 1.70. The van der Waals surface area contributed by atoms with Crippen LogP contribution in [0.1, 0.15) is 49.8 Å². The maximum atomic E-state index is 13.6. The summed E-state index contributed by atoms with van der Waals surface area (Å²) >= 11 is 0. The van der Waals surface area contributed by atoms with Gasteiger partial charge in [-0.25, -0.2) is 22.2 Å². The highest BCUT2D eigenvalue weighted by atomic mass is 32.2. The zero-order chi connectivity index (χ0) is 21.6. The van der Waals surface area contributed by atoms with E-state index in [0.29, 0.717) is 55.0 Å². The van der Waals surface area contributed by atoms with Crippen molar-refractivity contribution in [2.45, 2.75) is 56.6 Å². The molecule has 30 heavy (non-hydrogen) atoms. The van der Waals surface area contributed by atoms with Gasteiger partial charge in [0.2, 0.25) is 10.0 Å². The summed E-state index contributed by atoms with van der Waals surface area (Å²) in [4.78, 5) is 22.0. The number of hydrogen-bond acceptors (Lipinski definition) is 5. The number of rotatable bonds is 4. The van der Waals surface area contributed by atoms with Gasteiger partial charge in [0.15, 0.2) is 11.6 Å². The van der Waals surface area contributed by atoms with Crippen molar-refractivity contribution in [3.63, 3.8) is 0 Å². The van der Waals surface area contributed by atoms with Crippen LogP contribution in [0, 0.1) is 11.6 Å². The number of nitrogens with one attached hydrogen (secondary N) is 1. The molecule has 10 heteroatoms. The van der Waals surface area contributed by atoms with Crippen LogP contribution in [0.3, 0.4) is 0 Å². The lowest BCUT2D eigenvalue weighted by Gasteiger charge is -2.31. The van der Waals surface area contributed by atoms with Gasteiger partial charge in [0.25, 0.3) is 5.56 Å². The molecule has 4 rings (SSSR count). The van der Waals surface area contributed by atoms with Gasteiger partial charge in [-0.15, -0.1) is 0 Å². The molecule has 0 spiro atoms. The van der Waals surface area contributed by atoms with E-state index < -0.39 is 27.7 Å². The lowest BCUT2D eigenvalue weighted by Crippen LogP contribution is -2.40. The summed E-state index contributed by atoms with van der Waals surface area (Å²) in [5.74, 6) is -2.03. The smallest absolute Gasteiger partial charge is 0.254 e. The van der Waals surface area contributed by atoms with Crippen molar-refractivity contribution in [2.75, 3.05) is 13.1 Å². The molecule has 2 aliphatic heterocycles. The highest BCUT2D eigenvalue weighted by Crippen LogP contribution is 2.35. The van der Waals surface area contributed by atoms with Crippen LogP contribution in [0.5, 0.6) is 0 Å². The number of sulfonamides is 1. The summed E-state index contributed by atoms with van der Waals surface area (Å²) in [6, 6.07) is 2.18. The van der Waals surface area contributed by atoms with E-state index in [2.05, 4.69) is 28.7 Å². The quantitative estimate of drug-likeness (QED) is 0.792. The normalized spacial score (nSPS) is 20.6. The molecule has 2 aliphatic rings. The lowest BCUT2D eigenvalue weighted by molar-refractivity contribution is 0.198. The molecule has 0 amide bonds. The van der Waals surface area contributed by atoms with Crippen LogP contribution >= 0.6 is 0 Å². The summed E-state index contributed by atoms with van der Waals surface area (Å²) in [6.07, 6.45) is 1.66. The van der Waals surface area contributed by atoms with Crippen molar-refractivity contribution in [1.29, 1.82) is 0 Å². The molecule has 7 nitrogen and oxygen atoms in total. The fourth-order valence-corrected chi connectivity index (χ4v) is 5.82. The Labute approximate surface area is 173 Å². The molecule has 1 unspecified atom stereocenters. The van der Waals surface area contributed by atoms with Crippen LogP contribution in [-0.4, -0.2) is 46.7 Å². The standard InChI is InChI=1S/C20H24F2N4O3S/c1-12(2)25-9-7-14-17(11-25)23-19(24-20(14)27)18-4-3-8-26(18)30(28,29)13-5-6-15(21)16(22)10-13/h5-6,10,12,18H,3-4,7-9,11H2,1-2H3,(H,23,24,27).